The Morgan fingerprint density at radius 1 is 1.04 bits per heavy atom. The van der Waals surface area contributed by atoms with E-state index in [2.05, 4.69) is 33.8 Å². The van der Waals surface area contributed by atoms with Crippen LogP contribution in [0.15, 0.2) is 6.07 Å². The first kappa shape index (κ1) is 19.7. The van der Waals surface area contributed by atoms with E-state index in [-0.39, 0.29) is 0 Å². The van der Waals surface area contributed by atoms with Gasteiger partial charge in [0.15, 0.2) is 5.11 Å². The van der Waals surface area contributed by atoms with Gasteiger partial charge >= 0.3 is 0 Å². The van der Waals surface area contributed by atoms with Crippen molar-refractivity contribution in [2.24, 2.45) is 0 Å². The van der Waals surface area contributed by atoms with Crippen molar-refractivity contribution in [1.82, 2.24) is 30.2 Å². The summed E-state index contributed by atoms with van der Waals surface area (Å²) in [6.07, 6.45) is 1.92. The second-order valence-electron chi connectivity index (χ2n) is 6.25. The van der Waals surface area contributed by atoms with Gasteiger partial charge < -0.3 is 10.6 Å². The molecule has 8 heteroatoms. The molecule has 0 spiro atoms. The molecule has 0 radical (unpaired) electrons. The minimum atomic E-state index is 0.694. The fourth-order valence-electron chi connectivity index (χ4n) is 2.72. The molecule has 0 aliphatic heterocycles. The van der Waals surface area contributed by atoms with Crippen LogP contribution in [0.3, 0.4) is 0 Å². The zero-order valence-corrected chi connectivity index (χ0v) is 17.0. The molecule has 2 aromatic rings. The third kappa shape index (κ3) is 5.71. The van der Waals surface area contributed by atoms with Gasteiger partial charge in [-0.2, -0.15) is 10.2 Å². The van der Waals surface area contributed by atoms with Gasteiger partial charge in [0.25, 0.3) is 0 Å². The first-order valence-electron chi connectivity index (χ1n) is 8.60. The van der Waals surface area contributed by atoms with Crippen LogP contribution in [-0.2, 0) is 13.1 Å². The molecule has 138 valence electrons. The summed E-state index contributed by atoms with van der Waals surface area (Å²) in [6, 6.07) is 2.09. The fraction of sp³-hybridized carbons (Fsp3) is 0.588. The highest BCUT2D eigenvalue weighted by molar-refractivity contribution is 7.80. The summed E-state index contributed by atoms with van der Waals surface area (Å²) in [5.41, 5.74) is 4.16. The van der Waals surface area contributed by atoms with E-state index in [0.29, 0.717) is 5.11 Å². The molecule has 0 aromatic carbocycles. The maximum atomic E-state index is 6.15. The monoisotopic (exact) mass is 382 g/mol. The van der Waals surface area contributed by atoms with Crippen LogP contribution in [0.4, 0.5) is 0 Å². The number of hydrogen-bond acceptors (Lipinski definition) is 3. The van der Waals surface area contributed by atoms with Crippen molar-refractivity contribution >= 4 is 28.9 Å². The molecule has 2 N–H and O–H groups in total. The quantitative estimate of drug-likeness (QED) is 0.543. The molecule has 0 amide bonds. The van der Waals surface area contributed by atoms with E-state index >= 15 is 0 Å². The van der Waals surface area contributed by atoms with Gasteiger partial charge in [0.05, 0.1) is 22.1 Å². The van der Waals surface area contributed by atoms with Gasteiger partial charge in [0.2, 0.25) is 0 Å². The molecule has 25 heavy (non-hydrogen) atoms. The lowest BCUT2D eigenvalue weighted by atomic mass is 10.3. The molecule has 0 bridgehead atoms. The summed E-state index contributed by atoms with van der Waals surface area (Å²) in [5, 5.41) is 16.8. The SMILES string of the molecule is Cc1cc(C)n(CCCNC(=S)NCCCn2nc(C)c(Cl)c2C)n1. The maximum absolute atomic E-state index is 6.15. The van der Waals surface area contributed by atoms with E-state index in [0.717, 1.165) is 61.1 Å². The predicted octanol–water partition coefficient (Wildman–Crippen LogP) is 2.91. The van der Waals surface area contributed by atoms with Gasteiger partial charge in [0, 0.05) is 31.9 Å². The Labute approximate surface area is 159 Å². The summed E-state index contributed by atoms with van der Waals surface area (Å²) in [6.45, 7) is 11.4. The van der Waals surface area contributed by atoms with Crippen LogP contribution in [0.1, 0.15) is 35.6 Å². The first-order valence-corrected chi connectivity index (χ1v) is 9.39. The van der Waals surface area contributed by atoms with Gasteiger partial charge in [-0.25, -0.2) is 0 Å². The highest BCUT2D eigenvalue weighted by Gasteiger charge is 2.08. The number of halogens is 1. The van der Waals surface area contributed by atoms with Crippen molar-refractivity contribution in [3.63, 3.8) is 0 Å². The Kier molecular flexibility index (Phi) is 7.25. The third-order valence-corrected chi connectivity index (χ3v) is 4.90. The normalized spacial score (nSPS) is 10.9. The molecule has 0 aliphatic carbocycles. The molecule has 0 atom stereocenters. The average Bonchev–Trinajstić information content (AvgIpc) is 3.01. The third-order valence-electron chi connectivity index (χ3n) is 4.06. The number of aromatic nitrogens is 4. The number of aryl methyl sites for hydroxylation is 5. The van der Waals surface area contributed by atoms with Crippen molar-refractivity contribution in [1.29, 1.82) is 0 Å². The highest BCUT2D eigenvalue weighted by Crippen LogP contribution is 2.18. The maximum Gasteiger partial charge on any atom is 0.166 e. The summed E-state index contributed by atoms with van der Waals surface area (Å²) in [5.74, 6) is 0. The Bertz CT molecular complexity index is 721. The Balaban J connectivity index is 1.58. The van der Waals surface area contributed by atoms with Crippen LogP contribution in [0, 0.1) is 27.7 Å². The average molecular weight is 383 g/mol. The Hall–Kier alpha value is -1.60. The molecule has 0 saturated carbocycles. The zero-order valence-electron chi connectivity index (χ0n) is 15.4. The number of thiocarbonyl (C=S) groups is 1. The van der Waals surface area contributed by atoms with Gasteiger partial charge in [-0.05, 0) is 58.8 Å². The molecule has 0 unspecified atom stereocenters. The predicted molar refractivity (Wildman–Crippen MR) is 106 cm³/mol. The lowest BCUT2D eigenvalue weighted by molar-refractivity contribution is 0.548. The summed E-state index contributed by atoms with van der Waals surface area (Å²) in [7, 11) is 0. The van der Waals surface area contributed by atoms with E-state index in [1.54, 1.807) is 0 Å². The minimum Gasteiger partial charge on any atom is -0.363 e. The van der Waals surface area contributed by atoms with Crippen LogP contribution in [0.5, 0.6) is 0 Å². The molecular weight excluding hydrogens is 356 g/mol. The van der Waals surface area contributed by atoms with Gasteiger partial charge in [-0.1, -0.05) is 11.6 Å². The van der Waals surface area contributed by atoms with E-state index in [1.165, 1.54) is 5.69 Å². The standard InChI is InChI=1S/C17H27ClN6S/c1-12-11-13(2)23(21-12)9-5-7-19-17(25)20-8-6-10-24-15(4)16(18)14(3)22-24/h11H,5-10H2,1-4H3,(H2,19,20,25). The van der Waals surface area contributed by atoms with E-state index in [4.69, 9.17) is 23.8 Å². The molecular formula is C17H27ClN6S. The Morgan fingerprint density at radius 3 is 2.12 bits per heavy atom. The van der Waals surface area contributed by atoms with Crippen LogP contribution in [0.25, 0.3) is 0 Å². The second-order valence-corrected chi connectivity index (χ2v) is 7.03. The zero-order chi connectivity index (χ0) is 18.4. The summed E-state index contributed by atoms with van der Waals surface area (Å²) < 4.78 is 3.98. The van der Waals surface area contributed by atoms with Gasteiger partial charge in [-0.3, -0.25) is 9.36 Å². The molecule has 2 heterocycles. The van der Waals surface area contributed by atoms with Crippen molar-refractivity contribution in [2.45, 2.75) is 53.6 Å². The van der Waals surface area contributed by atoms with Crippen molar-refractivity contribution < 1.29 is 0 Å². The van der Waals surface area contributed by atoms with Gasteiger partial charge in [-0.15, -0.1) is 0 Å². The van der Waals surface area contributed by atoms with Crippen LogP contribution < -0.4 is 10.6 Å². The first-order chi connectivity index (χ1) is 11.9. The molecule has 0 saturated heterocycles. The topological polar surface area (TPSA) is 59.7 Å². The van der Waals surface area contributed by atoms with Crippen LogP contribution >= 0.6 is 23.8 Å². The van der Waals surface area contributed by atoms with Crippen molar-refractivity contribution in [3.05, 3.63) is 33.9 Å². The number of rotatable bonds is 8. The van der Waals surface area contributed by atoms with Crippen molar-refractivity contribution in [3.8, 4) is 0 Å². The number of nitrogens with zero attached hydrogens (tertiary/aromatic N) is 4. The largest absolute Gasteiger partial charge is 0.363 e. The van der Waals surface area contributed by atoms with Crippen LogP contribution in [-0.4, -0.2) is 37.8 Å². The molecule has 6 nitrogen and oxygen atoms in total. The van der Waals surface area contributed by atoms with E-state index in [9.17, 15) is 0 Å². The molecule has 0 aliphatic rings. The molecule has 0 fully saturated rings. The smallest absolute Gasteiger partial charge is 0.166 e. The van der Waals surface area contributed by atoms with Crippen LogP contribution in [0.2, 0.25) is 5.02 Å². The lowest BCUT2D eigenvalue weighted by Gasteiger charge is -2.11. The van der Waals surface area contributed by atoms with Gasteiger partial charge in [0.1, 0.15) is 0 Å². The van der Waals surface area contributed by atoms with Crippen molar-refractivity contribution in [2.75, 3.05) is 13.1 Å². The summed E-state index contributed by atoms with van der Waals surface area (Å²) >= 11 is 11.5. The molecule has 2 aromatic heterocycles. The number of hydrogen-bond donors (Lipinski definition) is 2. The van der Waals surface area contributed by atoms with E-state index in [1.807, 2.05) is 30.1 Å². The van der Waals surface area contributed by atoms with E-state index < -0.39 is 0 Å². The fourth-order valence-corrected chi connectivity index (χ4v) is 3.06. The number of nitrogens with one attached hydrogen (secondary N) is 2. The summed E-state index contributed by atoms with van der Waals surface area (Å²) in [4.78, 5) is 0. The Morgan fingerprint density at radius 2 is 1.64 bits per heavy atom. The lowest BCUT2D eigenvalue weighted by Crippen LogP contribution is -2.36. The second kappa shape index (κ2) is 9.20. The molecule has 2 rings (SSSR count). The highest BCUT2D eigenvalue weighted by atomic mass is 35.5. The minimum absolute atomic E-state index is 0.694.